The maximum atomic E-state index is 11.5. The molecule has 0 aliphatic rings. The molecule has 0 fully saturated rings. The van der Waals surface area contributed by atoms with E-state index in [9.17, 15) is 9.59 Å². The molecule has 8 heteroatoms. The number of aromatic nitrogens is 3. The van der Waals surface area contributed by atoms with Gasteiger partial charge in [0, 0.05) is 5.56 Å². The number of nitrogens with zero attached hydrogens (tertiary/aromatic N) is 2. The molecule has 1 heterocycles. The third kappa shape index (κ3) is 4.59. The fraction of sp³-hybridized carbons (Fsp3) is 0.286. The standard InChI is InChI=1S/C14H16N4O3S/c1-9-3-5-10(6-4-9)13-16-14(18-17-13)22-8-11(19)15-7-12(20)21-2/h3-6H,7-8H2,1-2H3,(H,15,19)(H,16,17,18). The molecule has 0 spiro atoms. The zero-order valence-electron chi connectivity index (χ0n) is 12.3. The normalized spacial score (nSPS) is 10.3. The Balaban J connectivity index is 1.86. The van der Waals surface area contributed by atoms with E-state index in [2.05, 4.69) is 25.2 Å². The highest BCUT2D eigenvalue weighted by molar-refractivity contribution is 7.99. The number of esters is 1. The molecule has 2 aromatic rings. The summed E-state index contributed by atoms with van der Waals surface area (Å²) in [5.41, 5.74) is 2.10. The van der Waals surface area contributed by atoms with Crippen molar-refractivity contribution in [1.82, 2.24) is 20.5 Å². The van der Waals surface area contributed by atoms with Gasteiger partial charge in [-0.05, 0) is 6.92 Å². The number of hydrogen-bond acceptors (Lipinski definition) is 6. The van der Waals surface area contributed by atoms with E-state index in [-0.39, 0.29) is 18.2 Å². The number of aryl methyl sites for hydroxylation is 1. The van der Waals surface area contributed by atoms with Gasteiger partial charge in [-0.3, -0.25) is 14.7 Å². The predicted octanol–water partition coefficient (Wildman–Crippen LogP) is 1.16. The Labute approximate surface area is 131 Å². The van der Waals surface area contributed by atoms with E-state index >= 15 is 0 Å². The fourth-order valence-corrected chi connectivity index (χ4v) is 2.20. The van der Waals surface area contributed by atoms with Crippen molar-refractivity contribution in [3.8, 4) is 11.4 Å². The Morgan fingerprint density at radius 2 is 2.05 bits per heavy atom. The Morgan fingerprint density at radius 1 is 1.32 bits per heavy atom. The molecule has 0 atom stereocenters. The first-order chi connectivity index (χ1) is 10.6. The molecule has 0 radical (unpaired) electrons. The third-order valence-electron chi connectivity index (χ3n) is 2.78. The van der Waals surface area contributed by atoms with E-state index < -0.39 is 5.97 Å². The molecule has 22 heavy (non-hydrogen) atoms. The van der Waals surface area contributed by atoms with Crippen LogP contribution in [0.15, 0.2) is 29.4 Å². The van der Waals surface area contributed by atoms with Crippen LogP contribution in [0.3, 0.4) is 0 Å². The summed E-state index contributed by atoms with van der Waals surface area (Å²) in [7, 11) is 1.27. The zero-order chi connectivity index (χ0) is 15.9. The highest BCUT2D eigenvalue weighted by Crippen LogP contribution is 2.19. The number of amides is 1. The topological polar surface area (TPSA) is 97.0 Å². The van der Waals surface area contributed by atoms with Crippen LogP contribution in [-0.2, 0) is 14.3 Å². The van der Waals surface area contributed by atoms with Crippen molar-refractivity contribution in [1.29, 1.82) is 0 Å². The Morgan fingerprint density at radius 3 is 2.73 bits per heavy atom. The number of carbonyl (C=O) groups is 2. The van der Waals surface area contributed by atoms with Gasteiger partial charge in [0.1, 0.15) is 6.54 Å². The van der Waals surface area contributed by atoms with Crippen LogP contribution in [0.5, 0.6) is 0 Å². The number of benzene rings is 1. The molecular formula is C14H16N4O3S. The second kappa shape index (κ2) is 7.60. The van der Waals surface area contributed by atoms with Crippen molar-refractivity contribution in [3.63, 3.8) is 0 Å². The molecule has 0 aliphatic carbocycles. The van der Waals surface area contributed by atoms with Crippen molar-refractivity contribution < 1.29 is 14.3 Å². The number of aromatic amines is 1. The van der Waals surface area contributed by atoms with Gasteiger partial charge in [0.05, 0.1) is 12.9 Å². The molecule has 0 unspecified atom stereocenters. The minimum atomic E-state index is -0.488. The molecule has 0 aliphatic heterocycles. The van der Waals surface area contributed by atoms with Crippen molar-refractivity contribution in [3.05, 3.63) is 29.8 Å². The van der Waals surface area contributed by atoms with Gasteiger partial charge in [0.2, 0.25) is 11.1 Å². The zero-order valence-corrected chi connectivity index (χ0v) is 13.1. The van der Waals surface area contributed by atoms with Gasteiger partial charge in [-0.1, -0.05) is 41.6 Å². The Bertz CT molecular complexity index is 654. The fourth-order valence-electron chi connectivity index (χ4n) is 1.58. The summed E-state index contributed by atoms with van der Waals surface area (Å²) in [6.45, 7) is 1.87. The molecule has 0 saturated heterocycles. The molecule has 2 N–H and O–H groups in total. The first kappa shape index (κ1) is 16.0. The maximum Gasteiger partial charge on any atom is 0.325 e. The lowest BCUT2D eigenvalue weighted by atomic mass is 10.1. The molecular weight excluding hydrogens is 304 g/mol. The predicted molar refractivity (Wildman–Crippen MR) is 82.3 cm³/mol. The lowest BCUT2D eigenvalue weighted by molar-refractivity contribution is -0.140. The summed E-state index contributed by atoms with van der Waals surface area (Å²) in [6, 6.07) is 7.89. The summed E-state index contributed by atoms with van der Waals surface area (Å²) in [5, 5.41) is 9.81. The first-order valence-corrected chi connectivity index (χ1v) is 7.53. The monoisotopic (exact) mass is 320 g/mol. The molecule has 1 amide bonds. The van der Waals surface area contributed by atoms with Crippen LogP contribution in [0.1, 0.15) is 5.56 Å². The van der Waals surface area contributed by atoms with Crippen LogP contribution in [0.2, 0.25) is 0 Å². The van der Waals surface area contributed by atoms with Crippen molar-refractivity contribution >= 4 is 23.6 Å². The van der Waals surface area contributed by atoms with Crippen molar-refractivity contribution in [2.45, 2.75) is 12.1 Å². The number of ether oxygens (including phenoxy) is 1. The van der Waals surface area contributed by atoms with E-state index in [1.54, 1.807) is 0 Å². The van der Waals surface area contributed by atoms with E-state index in [0.717, 1.165) is 5.56 Å². The van der Waals surface area contributed by atoms with Crippen molar-refractivity contribution in [2.24, 2.45) is 0 Å². The minimum Gasteiger partial charge on any atom is -0.468 e. The molecule has 0 bridgehead atoms. The second-order valence-electron chi connectivity index (χ2n) is 4.47. The van der Waals surface area contributed by atoms with Gasteiger partial charge < -0.3 is 10.1 Å². The highest BCUT2D eigenvalue weighted by atomic mass is 32.2. The average molecular weight is 320 g/mol. The quantitative estimate of drug-likeness (QED) is 0.612. The van der Waals surface area contributed by atoms with E-state index in [0.29, 0.717) is 11.0 Å². The molecule has 1 aromatic heterocycles. The maximum absolute atomic E-state index is 11.5. The van der Waals surface area contributed by atoms with Gasteiger partial charge in [-0.25, -0.2) is 4.98 Å². The number of hydrogen-bond donors (Lipinski definition) is 2. The van der Waals surface area contributed by atoms with E-state index in [4.69, 9.17) is 0 Å². The summed E-state index contributed by atoms with van der Waals surface area (Å²) in [6.07, 6.45) is 0. The van der Waals surface area contributed by atoms with Gasteiger partial charge in [-0.15, -0.1) is 5.10 Å². The Kier molecular flexibility index (Phi) is 5.54. The van der Waals surface area contributed by atoms with E-state index in [1.807, 2.05) is 31.2 Å². The summed E-state index contributed by atoms with van der Waals surface area (Å²) < 4.78 is 4.43. The van der Waals surface area contributed by atoms with E-state index in [1.165, 1.54) is 24.4 Å². The largest absolute Gasteiger partial charge is 0.468 e. The third-order valence-corrected chi connectivity index (χ3v) is 3.63. The SMILES string of the molecule is COC(=O)CNC(=O)CSc1n[nH]c(-c2ccc(C)cc2)n1. The Hall–Kier alpha value is -2.35. The minimum absolute atomic E-state index is 0.127. The number of nitrogens with one attached hydrogen (secondary N) is 2. The lowest BCUT2D eigenvalue weighted by Gasteiger charge is -2.01. The number of rotatable bonds is 6. The van der Waals surface area contributed by atoms with Crippen LogP contribution in [0, 0.1) is 6.92 Å². The molecule has 2 rings (SSSR count). The van der Waals surface area contributed by atoms with Gasteiger partial charge in [0.15, 0.2) is 5.82 Å². The summed E-state index contributed by atoms with van der Waals surface area (Å²) in [4.78, 5) is 26.8. The van der Waals surface area contributed by atoms with Gasteiger partial charge in [-0.2, -0.15) is 0 Å². The van der Waals surface area contributed by atoms with Crippen LogP contribution >= 0.6 is 11.8 Å². The highest BCUT2D eigenvalue weighted by Gasteiger charge is 2.10. The molecule has 0 saturated carbocycles. The summed E-state index contributed by atoms with van der Waals surface area (Å²) >= 11 is 1.19. The van der Waals surface area contributed by atoms with Crippen LogP contribution in [-0.4, -0.2) is 46.5 Å². The number of carbonyl (C=O) groups excluding carboxylic acids is 2. The lowest BCUT2D eigenvalue weighted by Crippen LogP contribution is -2.31. The van der Waals surface area contributed by atoms with Gasteiger partial charge >= 0.3 is 5.97 Å². The average Bonchev–Trinajstić information content (AvgIpc) is 3.00. The van der Waals surface area contributed by atoms with Crippen molar-refractivity contribution in [2.75, 3.05) is 19.4 Å². The molecule has 116 valence electrons. The smallest absolute Gasteiger partial charge is 0.325 e. The van der Waals surface area contributed by atoms with Crippen LogP contribution in [0.25, 0.3) is 11.4 Å². The van der Waals surface area contributed by atoms with Crippen LogP contribution < -0.4 is 5.32 Å². The molecule has 7 nitrogen and oxygen atoms in total. The second-order valence-corrected chi connectivity index (χ2v) is 5.42. The molecule has 1 aromatic carbocycles. The number of H-pyrrole nitrogens is 1. The first-order valence-electron chi connectivity index (χ1n) is 6.54. The van der Waals surface area contributed by atoms with Gasteiger partial charge in [0.25, 0.3) is 0 Å². The summed E-state index contributed by atoms with van der Waals surface area (Å²) in [5.74, 6) is 0.00907. The number of thioether (sulfide) groups is 1. The van der Waals surface area contributed by atoms with Crippen LogP contribution in [0.4, 0.5) is 0 Å². The number of methoxy groups -OCH3 is 1.